The molecule has 0 radical (unpaired) electrons. The summed E-state index contributed by atoms with van der Waals surface area (Å²) in [4.78, 5) is 23.9. The van der Waals surface area contributed by atoms with E-state index >= 15 is 0 Å². The van der Waals surface area contributed by atoms with Crippen molar-refractivity contribution < 1.29 is 19.4 Å². The van der Waals surface area contributed by atoms with Gasteiger partial charge in [-0.15, -0.1) is 0 Å². The van der Waals surface area contributed by atoms with E-state index in [1.54, 1.807) is 0 Å². The highest BCUT2D eigenvalue weighted by Crippen LogP contribution is 2.67. The molecule has 0 aromatic carbocycles. The van der Waals surface area contributed by atoms with Gasteiger partial charge in [-0.05, 0) is 68.8 Å². The first-order valence-corrected chi connectivity index (χ1v) is 10.2. The lowest BCUT2D eigenvalue weighted by Crippen LogP contribution is -2.60. The molecule has 4 aliphatic rings. The lowest BCUT2D eigenvalue weighted by atomic mass is 9.45. The Morgan fingerprint density at radius 3 is 2.62 bits per heavy atom. The third-order valence-electron chi connectivity index (χ3n) is 8.75. The molecule has 4 nitrogen and oxygen atoms in total. The number of fused-ring (bicyclic) bond motifs is 5. The molecule has 0 aromatic rings. The van der Waals surface area contributed by atoms with Gasteiger partial charge in [-0.1, -0.05) is 19.4 Å². The van der Waals surface area contributed by atoms with Gasteiger partial charge < -0.3 is 9.84 Å². The van der Waals surface area contributed by atoms with Gasteiger partial charge in [0.05, 0.1) is 5.60 Å². The minimum absolute atomic E-state index is 0.0628. The van der Waals surface area contributed by atoms with E-state index < -0.39 is 5.60 Å². The van der Waals surface area contributed by atoms with Crippen LogP contribution < -0.4 is 0 Å². The minimum Gasteiger partial charge on any atom is -0.462 e. The number of carbonyl (C=O) groups is 2. The van der Waals surface area contributed by atoms with Gasteiger partial charge in [0.2, 0.25) is 0 Å². The van der Waals surface area contributed by atoms with Crippen LogP contribution in [0, 0.1) is 28.6 Å². The summed E-state index contributed by atoms with van der Waals surface area (Å²) < 4.78 is 5.91. The molecule has 7 atom stereocenters. The summed E-state index contributed by atoms with van der Waals surface area (Å²) in [5.41, 5.74) is 0.282. The Kier molecular flexibility index (Phi) is 3.97. The number of esters is 1. The van der Waals surface area contributed by atoms with Gasteiger partial charge in [-0.2, -0.15) is 0 Å². The smallest absolute Gasteiger partial charge is 0.302 e. The highest BCUT2D eigenvalue weighted by atomic mass is 16.5. The van der Waals surface area contributed by atoms with Crippen molar-refractivity contribution in [2.24, 2.45) is 28.6 Å². The first kappa shape index (κ1) is 18.2. The number of hydrogen-bond acceptors (Lipinski definition) is 4. The van der Waals surface area contributed by atoms with E-state index in [4.69, 9.17) is 4.74 Å². The first-order valence-electron chi connectivity index (χ1n) is 10.2. The Labute approximate surface area is 156 Å². The van der Waals surface area contributed by atoms with E-state index in [2.05, 4.69) is 13.8 Å². The van der Waals surface area contributed by atoms with Crippen LogP contribution in [0.25, 0.3) is 0 Å². The van der Waals surface area contributed by atoms with Crippen molar-refractivity contribution in [3.05, 3.63) is 11.6 Å². The summed E-state index contributed by atoms with van der Waals surface area (Å²) in [5, 5.41) is 11.1. The van der Waals surface area contributed by atoms with E-state index in [0.717, 1.165) is 38.5 Å². The molecule has 0 amide bonds. The first-order chi connectivity index (χ1) is 12.1. The summed E-state index contributed by atoms with van der Waals surface area (Å²) in [7, 11) is 0. The van der Waals surface area contributed by atoms with Crippen molar-refractivity contribution in [1.82, 2.24) is 0 Å². The van der Waals surface area contributed by atoms with Crippen LogP contribution in [0.4, 0.5) is 0 Å². The third kappa shape index (κ3) is 2.37. The maximum atomic E-state index is 12.0. The molecule has 1 N–H and O–H groups in total. The van der Waals surface area contributed by atoms with Gasteiger partial charge in [0.25, 0.3) is 0 Å². The van der Waals surface area contributed by atoms with Gasteiger partial charge in [-0.25, -0.2) is 0 Å². The van der Waals surface area contributed by atoms with Crippen LogP contribution in [0.1, 0.15) is 72.6 Å². The van der Waals surface area contributed by atoms with Gasteiger partial charge in [0, 0.05) is 24.7 Å². The van der Waals surface area contributed by atoms with E-state index in [1.165, 1.54) is 12.5 Å². The zero-order valence-corrected chi connectivity index (χ0v) is 16.5. The molecular weight excluding hydrogens is 328 g/mol. The summed E-state index contributed by atoms with van der Waals surface area (Å²) in [5.74, 6) is 1.17. The van der Waals surface area contributed by atoms with Crippen LogP contribution in [0.3, 0.4) is 0 Å². The summed E-state index contributed by atoms with van der Waals surface area (Å²) >= 11 is 0. The standard InChI is InChI=1S/C22H32O4/c1-13(23)26-18-12-21(3)17(8-10-22(21,4)25)16-6-5-14-11-15(24)7-9-20(14,2)19(16)18/h11,16-19,25H,5-10,12H2,1-4H3/t16-,17-,18+,19+,20-,21-,22-/m0/s1. The highest BCUT2D eigenvalue weighted by molar-refractivity contribution is 5.91. The molecule has 4 heteroatoms. The number of aliphatic hydroxyl groups is 1. The van der Waals surface area contributed by atoms with Crippen LogP contribution in [0.5, 0.6) is 0 Å². The molecule has 0 aliphatic heterocycles. The van der Waals surface area contributed by atoms with Gasteiger partial charge >= 0.3 is 5.97 Å². The van der Waals surface area contributed by atoms with Crippen molar-refractivity contribution >= 4 is 11.8 Å². The second kappa shape index (κ2) is 5.67. The predicted molar refractivity (Wildman–Crippen MR) is 98.3 cm³/mol. The second-order valence-corrected chi connectivity index (χ2v) is 9.97. The van der Waals surface area contributed by atoms with Crippen LogP contribution in [-0.4, -0.2) is 28.6 Å². The topological polar surface area (TPSA) is 63.6 Å². The zero-order chi connectivity index (χ0) is 18.9. The van der Waals surface area contributed by atoms with Gasteiger partial charge in [0.15, 0.2) is 5.78 Å². The average molecular weight is 360 g/mol. The Balaban J connectivity index is 1.79. The number of allylic oxidation sites excluding steroid dienone is 1. The Bertz CT molecular complexity index is 678. The molecule has 0 heterocycles. The number of ether oxygens (including phenoxy) is 1. The van der Waals surface area contributed by atoms with Gasteiger partial charge in [0.1, 0.15) is 6.10 Å². The lowest BCUT2D eigenvalue weighted by Gasteiger charge is -2.60. The molecule has 0 unspecified atom stereocenters. The second-order valence-electron chi connectivity index (χ2n) is 9.97. The highest BCUT2D eigenvalue weighted by Gasteiger charge is 2.65. The van der Waals surface area contributed by atoms with Gasteiger partial charge in [-0.3, -0.25) is 9.59 Å². The summed E-state index contributed by atoms with van der Waals surface area (Å²) in [6.07, 6.45) is 7.74. The van der Waals surface area contributed by atoms with Crippen molar-refractivity contribution in [1.29, 1.82) is 0 Å². The molecule has 0 saturated heterocycles. The SMILES string of the molecule is CC(=O)O[C@@H]1C[C@@]2(C)[C@@H](CC[C@]2(C)O)[C@@H]2CCC3=CC(=O)CC[C@]3(C)[C@H]21. The van der Waals surface area contributed by atoms with Crippen LogP contribution in [0.15, 0.2) is 11.6 Å². The monoisotopic (exact) mass is 360 g/mol. The van der Waals surface area contributed by atoms with Crippen LogP contribution in [-0.2, 0) is 14.3 Å². The van der Waals surface area contributed by atoms with Crippen molar-refractivity contribution in [3.63, 3.8) is 0 Å². The predicted octanol–water partition coefficient (Wildman–Crippen LogP) is 3.81. The minimum atomic E-state index is -0.708. The fourth-order valence-electron chi connectivity index (χ4n) is 7.20. The Morgan fingerprint density at radius 2 is 1.92 bits per heavy atom. The van der Waals surface area contributed by atoms with E-state index in [0.29, 0.717) is 18.3 Å². The fourth-order valence-corrected chi connectivity index (χ4v) is 7.20. The Hall–Kier alpha value is -1.16. The summed E-state index contributed by atoms with van der Waals surface area (Å²) in [6, 6.07) is 0. The van der Waals surface area contributed by atoms with E-state index in [9.17, 15) is 14.7 Å². The number of rotatable bonds is 1. The molecular formula is C22H32O4. The zero-order valence-electron chi connectivity index (χ0n) is 16.5. The largest absolute Gasteiger partial charge is 0.462 e. The normalized spacial score (nSPS) is 50.3. The molecule has 3 saturated carbocycles. The number of hydrogen-bond donors (Lipinski definition) is 1. The van der Waals surface area contributed by atoms with E-state index in [-0.39, 0.29) is 34.6 Å². The molecule has 26 heavy (non-hydrogen) atoms. The fraction of sp³-hybridized carbons (Fsp3) is 0.818. The quantitative estimate of drug-likeness (QED) is 0.722. The molecule has 4 rings (SSSR count). The van der Waals surface area contributed by atoms with Crippen molar-refractivity contribution in [2.75, 3.05) is 0 Å². The average Bonchev–Trinajstić information content (AvgIpc) is 2.77. The maximum absolute atomic E-state index is 12.0. The van der Waals surface area contributed by atoms with Crippen LogP contribution in [0.2, 0.25) is 0 Å². The molecule has 4 aliphatic carbocycles. The molecule has 0 spiro atoms. The van der Waals surface area contributed by atoms with Crippen molar-refractivity contribution in [3.8, 4) is 0 Å². The molecule has 144 valence electrons. The molecule has 3 fully saturated rings. The number of ketones is 1. The van der Waals surface area contributed by atoms with E-state index in [1.807, 2.05) is 13.0 Å². The maximum Gasteiger partial charge on any atom is 0.302 e. The third-order valence-corrected chi connectivity index (χ3v) is 8.75. The Morgan fingerprint density at radius 1 is 1.19 bits per heavy atom. The molecule has 0 bridgehead atoms. The van der Waals surface area contributed by atoms with Crippen molar-refractivity contribution in [2.45, 2.75) is 84.3 Å². The number of carbonyl (C=O) groups excluding carboxylic acids is 2. The molecule has 0 aromatic heterocycles. The van der Waals surface area contributed by atoms with Crippen LogP contribution >= 0.6 is 0 Å². The lowest BCUT2D eigenvalue weighted by molar-refractivity contribution is -0.189. The summed E-state index contributed by atoms with van der Waals surface area (Å²) in [6.45, 7) is 7.94.